The second-order valence-corrected chi connectivity index (χ2v) is 8.05. The number of benzene rings is 2. The van der Waals surface area contributed by atoms with Crippen molar-refractivity contribution < 1.29 is 14.5 Å². The van der Waals surface area contributed by atoms with E-state index in [1.807, 2.05) is 12.1 Å². The lowest BCUT2D eigenvalue weighted by Gasteiger charge is -2.28. The van der Waals surface area contributed by atoms with E-state index in [2.05, 4.69) is 25.7 Å². The predicted octanol–water partition coefficient (Wildman–Crippen LogP) is 4.18. The molecule has 1 aliphatic rings. The molecule has 0 bridgehead atoms. The van der Waals surface area contributed by atoms with Crippen molar-refractivity contribution in [3.63, 3.8) is 0 Å². The van der Waals surface area contributed by atoms with Crippen LogP contribution < -0.4 is 15.4 Å². The minimum atomic E-state index is -0.622. The van der Waals surface area contributed by atoms with Gasteiger partial charge < -0.3 is 15.4 Å². The molecule has 1 unspecified atom stereocenters. The maximum atomic E-state index is 13.5. The van der Waals surface area contributed by atoms with Gasteiger partial charge in [0.1, 0.15) is 11.8 Å². The Hall–Kier alpha value is -5.06. The molecule has 0 spiro atoms. The molecule has 2 N–H and O–H groups in total. The van der Waals surface area contributed by atoms with Crippen molar-refractivity contribution in [2.45, 2.75) is 13.0 Å². The molecule has 5 rings (SSSR count). The molecule has 0 radical (unpaired) electrons. The molecule has 3 heterocycles. The Morgan fingerprint density at radius 1 is 1.17 bits per heavy atom. The average Bonchev–Trinajstić information content (AvgIpc) is 3.32. The number of aromatic nitrogens is 4. The summed E-state index contributed by atoms with van der Waals surface area (Å²) >= 11 is 0. The van der Waals surface area contributed by atoms with Gasteiger partial charge in [-0.15, -0.1) is 5.10 Å². The van der Waals surface area contributed by atoms with Gasteiger partial charge in [0, 0.05) is 29.6 Å². The van der Waals surface area contributed by atoms with Gasteiger partial charge in [-0.3, -0.25) is 19.9 Å². The number of hydrogen-bond acceptors (Lipinski definition) is 8. The van der Waals surface area contributed by atoms with E-state index in [0.717, 1.165) is 5.56 Å². The summed E-state index contributed by atoms with van der Waals surface area (Å²) < 4.78 is 6.90. The minimum Gasteiger partial charge on any atom is -0.497 e. The molecule has 0 aliphatic carbocycles. The molecule has 2 aromatic carbocycles. The Morgan fingerprint density at radius 2 is 1.97 bits per heavy atom. The van der Waals surface area contributed by atoms with Crippen LogP contribution in [0.5, 0.6) is 5.75 Å². The van der Waals surface area contributed by atoms with Crippen LogP contribution in [0.15, 0.2) is 84.3 Å². The van der Waals surface area contributed by atoms with E-state index >= 15 is 0 Å². The number of non-ortho nitro benzene ring substituents is 1. The number of carbonyl (C=O) groups is 1. The molecular formula is C25H21N7O4. The third-order valence-electron chi connectivity index (χ3n) is 5.76. The standard InChI is InChI=1S/C25H21N7O4/c1-15-21(24(33)28-18-6-4-12-26-14-18)22(16-8-10-20(36-2)11-9-16)31-25(27-15)29-23(30-31)17-5-3-7-19(13-17)32(34)35/h3-14,22H,1-2H3,(H,28,33)(H,27,29,30). The average molecular weight is 483 g/mol. The summed E-state index contributed by atoms with van der Waals surface area (Å²) in [4.78, 5) is 32.9. The zero-order valence-electron chi connectivity index (χ0n) is 19.4. The van der Waals surface area contributed by atoms with Crippen molar-refractivity contribution in [3.05, 3.63) is 100 Å². The first-order valence-corrected chi connectivity index (χ1v) is 11.0. The number of nitrogens with one attached hydrogen (secondary N) is 2. The van der Waals surface area contributed by atoms with E-state index < -0.39 is 11.0 Å². The number of nitrogens with zero attached hydrogens (tertiary/aromatic N) is 5. The van der Waals surface area contributed by atoms with E-state index in [9.17, 15) is 14.9 Å². The van der Waals surface area contributed by atoms with Gasteiger partial charge in [-0.1, -0.05) is 24.3 Å². The van der Waals surface area contributed by atoms with E-state index in [1.165, 1.54) is 12.1 Å². The van der Waals surface area contributed by atoms with Crippen molar-refractivity contribution in [1.29, 1.82) is 0 Å². The summed E-state index contributed by atoms with van der Waals surface area (Å²) in [7, 11) is 1.58. The Bertz CT molecular complexity index is 1480. The number of pyridine rings is 1. The minimum absolute atomic E-state index is 0.0641. The van der Waals surface area contributed by atoms with Crippen molar-refractivity contribution in [1.82, 2.24) is 19.7 Å². The molecule has 11 nitrogen and oxygen atoms in total. The maximum Gasteiger partial charge on any atom is 0.270 e. The van der Waals surface area contributed by atoms with Crippen LogP contribution in [0.2, 0.25) is 0 Å². The van der Waals surface area contributed by atoms with Crippen molar-refractivity contribution in [3.8, 4) is 17.1 Å². The highest BCUT2D eigenvalue weighted by Gasteiger charge is 2.34. The molecule has 4 aromatic rings. The quantitative estimate of drug-likeness (QED) is 0.308. The zero-order chi connectivity index (χ0) is 25.2. The van der Waals surface area contributed by atoms with Crippen LogP contribution in [0.1, 0.15) is 18.5 Å². The van der Waals surface area contributed by atoms with Gasteiger partial charge in [0.25, 0.3) is 11.6 Å². The molecule has 2 aromatic heterocycles. The van der Waals surface area contributed by atoms with Crippen LogP contribution in [-0.4, -0.2) is 37.7 Å². The van der Waals surface area contributed by atoms with E-state index in [-0.39, 0.29) is 11.6 Å². The van der Waals surface area contributed by atoms with Gasteiger partial charge in [-0.05, 0) is 36.8 Å². The molecule has 11 heteroatoms. The van der Waals surface area contributed by atoms with Crippen LogP contribution >= 0.6 is 0 Å². The van der Waals surface area contributed by atoms with E-state index in [4.69, 9.17) is 4.74 Å². The Morgan fingerprint density at radius 3 is 2.67 bits per heavy atom. The smallest absolute Gasteiger partial charge is 0.270 e. The fourth-order valence-corrected chi connectivity index (χ4v) is 4.06. The molecule has 0 saturated heterocycles. The number of anilines is 2. The lowest BCUT2D eigenvalue weighted by atomic mass is 9.95. The first kappa shape index (κ1) is 22.7. The van der Waals surface area contributed by atoms with Crippen LogP contribution in [0, 0.1) is 10.1 Å². The summed E-state index contributed by atoms with van der Waals surface area (Å²) in [6.45, 7) is 1.79. The van der Waals surface area contributed by atoms with Gasteiger partial charge in [0.05, 0.1) is 29.5 Å². The van der Waals surface area contributed by atoms with E-state index in [1.54, 1.807) is 67.5 Å². The predicted molar refractivity (Wildman–Crippen MR) is 132 cm³/mol. The van der Waals surface area contributed by atoms with Crippen molar-refractivity contribution in [2.75, 3.05) is 17.7 Å². The highest BCUT2D eigenvalue weighted by molar-refractivity contribution is 6.05. The molecule has 1 atom stereocenters. The molecule has 1 aliphatic heterocycles. The maximum absolute atomic E-state index is 13.5. The number of allylic oxidation sites excluding steroid dienone is 1. The number of fused-ring (bicyclic) bond motifs is 1. The SMILES string of the molecule is COc1ccc(C2C(C(=O)Nc3cccnc3)=C(C)Nc3nc(-c4cccc([N+](=O)[O-])c4)nn32)cc1. The van der Waals surface area contributed by atoms with Crippen LogP contribution in [-0.2, 0) is 4.79 Å². The van der Waals surface area contributed by atoms with Gasteiger partial charge in [-0.2, -0.15) is 4.98 Å². The number of amides is 1. The van der Waals surface area contributed by atoms with Crippen LogP contribution in [0.3, 0.4) is 0 Å². The Balaban J connectivity index is 1.60. The highest BCUT2D eigenvalue weighted by Crippen LogP contribution is 2.37. The van der Waals surface area contributed by atoms with Gasteiger partial charge in [-0.25, -0.2) is 4.68 Å². The number of ether oxygens (including phenoxy) is 1. The molecular weight excluding hydrogens is 462 g/mol. The van der Waals surface area contributed by atoms with Crippen molar-refractivity contribution >= 4 is 23.2 Å². The lowest BCUT2D eigenvalue weighted by molar-refractivity contribution is -0.384. The fraction of sp³-hybridized carbons (Fsp3) is 0.120. The molecule has 180 valence electrons. The third kappa shape index (κ3) is 4.25. The van der Waals surface area contributed by atoms with Gasteiger partial charge in [0.15, 0.2) is 5.82 Å². The number of hydrogen-bond donors (Lipinski definition) is 2. The summed E-state index contributed by atoms with van der Waals surface area (Å²) in [5.74, 6) is 1.05. The van der Waals surface area contributed by atoms with Crippen LogP contribution in [0.4, 0.5) is 17.3 Å². The number of carbonyl (C=O) groups excluding carboxylic acids is 1. The Labute approximate surface area is 205 Å². The molecule has 0 fully saturated rings. The lowest BCUT2D eigenvalue weighted by Crippen LogP contribution is -2.31. The second-order valence-electron chi connectivity index (χ2n) is 8.05. The molecule has 0 saturated carbocycles. The first-order valence-electron chi connectivity index (χ1n) is 11.0. The van der Waals surface area contributed by atoms with E-state index in [0.29, 0.717) is 40.0 Å². The Kier molecular flexibility index (Phi) is 5.87. The summed E-state index contributed by atoms with van der Waals surface area (Å²) in [5.41, 5.74) is 2.79. The largest absolute Gasteiger partial charge is 0.497 e. The highest BCUT2D eigenvalue weighted by atomic mass is 16.6. The van der Waals surface area contributed by atoms with Gasteiger partial charge in [0.2, 0.25) is 5.95 Å². The monoisotopic (exact) mass is 483 g/mol. The summed E-state index contributed by atoms with van der Waals surface area (Å²) in [6, 6.07) is 16.3. The van der Waals surface area contributed by atoms with Crippen LogP contribution in [0.25, 0.3) is 11.4 Å². The summed E-state index contributed by atoms with van der Waals surface area (Å²) in [5, 5.41) is 22.0. The number of methoxy groups -OCH3 is 1. The molecule has 1 amide bonds. The number of rotatable bonds is 6. The fourth-order valence-electron chi connectivity index (χ4n) is 4.06. The molecule has 36 heavy (non-hydrogen) atoms. The van der Waals surface area contributed by atoms with Crippen molar-refractivity contribution in [2.24, 2.45) is 0 Å². The first-order chi connectivity index (χ1) is 17.4. The third-order valence-corrected chi connectivity index (χ3v) is 5.76. The number of nitro benzene ring substituents is 1. The topological polar surface area (TPSA) is 137 Å². The van der Waals surface area contributed by atoms with Gasteiger partial charge >= 0.3 is 0 Å². The number of nitro groups is 1. The zero-order valence-corrected chi connectivity index (χ0v) is 19.4. The second kappa shape index (κ2) is 9.29. The normalized spacial score (nSPS) is 14.6. The summed E-state index contributed by atoms with van der Waals surface area (Å²) in [6.07, 6.45) is 3.19.